The van der Waals surface area contributed by atoms with Gasteiger partial charge in [0, 0.05) is 22.6 Å². The molecule has 0 bridgehead atoms. The molecule has 0 heterocycles. The van der Waals surface area contributed by atoms with Crippen LogP contribution >= 0.6 is 35.6 Å². The van der Waals surface area contributed by atoms with Crippen molar-refractivity contribution in [2.75, 3.05) is 0 Å². The van der Waals surface area contributed by atoms with Crippen molar-refractivity contribution in [3.63, 3.8) is 0 Å². The number of rotatable bonds is 4. The first-order valence-electron chi connectivity index (χ1n) is 4.80. The van der Waals surface area contributed by atoms with Gasteiger partial charge in [-0.05, 0) is 31.0 Å². The van der Waals surface area contributed by atoms with Gasteiger partial charge in [0.05, 0.1) is 0 Å². The highest BCUT2D eigenvalue weighted by molar-refractivity contribution is 6.35. The van der Waals surface area contributed by atoms with Crippen LogP contribution in [0.2, 0.25) is 10.0 Å². The van der Waals surface area contributed by atoms with Crippen LogP contribution in [0.15, 0.2) is 18.2 Å². The largest absolute Gasteiger partial charge is 0.310 e. The predicted molar refractivity (Wildman–Crippen MR) is 70.3 cm³/mol. The summed E-state index contributed by atoms with van der Waals surface area (Å²) < 4.78 is 0. The predicted octanol–water partition coefficient (Wildman–Crippen LogP) is 4.30. The van der Waals surface area contributed by atoms with E-state index >= 15 is 0 Å². The van der Waals surface area contributed by atoms with Gasteiger partial charge in [0.25, 0.3) is 0 Å². The van der Waals surface area contributed by atoms with E-state index in [1.807, 2.05) is 12.1 Å². The highest BCUT2D eigenvalue weighted by Crippen LogP contribution is 2.20. The molecular formula is C11H16Cl3N. The SMILES string of the molecule is CCC(C)NCc1ccc(Cl)cc1Cl.Cl. The Kier molecular flexibility index (Phi) is 7.37. The third-order valence-corrected chi connectivity index (χ3v) is 2.86. The first-order chi connectivity index (χ1) is 6.63. The molecule has 1 aromatic rings. The van der Waals surface area contributed by atoms with Gasteiger partial charge in [-0.25, -0.2) is 0 Å². The first-order valence-corrected chi connectivity index (χ1v) is 5.56. The molecule has 0 spiro atoms. The molecule has 1 nitrogen and oxygen atoms in total. The van der Waals surface area contributed by atoms with Gasteiger partial charge in [-0.15, -0.1) is 12.4 Å². The molecule has 1 N–H and O–H groups in total. The van der Waals surface area contributed by atoms with Gasteiger partial charge in [-0.2, -0.15) is 0 Å². The summed E-state index contributed by atoms with van der Waals surface area (Å²) in [5, 5.41) is 4.79. The molecule has 0 radical (unpaired) electrons. The normalized spacial score (nSPS) is 12.0. The lowest BCUT2D eigenvalue weighted by Gasteiger charge is -2.12. The second-order valence-electron chi connectivity index (χ2n) is 3.43. The fourth-order valence-corrected chi connectivity index (χ4v) is 1.57. The van der Waals surface area contributed by atoms with E-state index < -0.39 is 0 Å². The fourth-order valence-electron chi connectivity index (χ4n) is 1.09. The topological polar surface area (TPSA) is 12.0 Å². The summed E-state index contributed by atoms with van der Waals surface area (Å²) in [5.41, 5.74) is 1.09. The second kappa shape index (κ2) is 7.34. The Labute approximate surface area is 108 Å². The third-order valence-electron chi connectivity index (χ3n) is 2.27. The smallest absolute Gasteiger partial charge is 0.0465 e. The maximum Gasteiger partial charge on any atom is 0.0465 e. The van der Waals surface area contributed by atoms with Gasteiger partial charge in [0.1, 0.15) is 0 Å². The van der Waals surface area contributed by atoms with Crippen molar-refractivity contribution < 1.29 is 0 Å². The van der Waals surface area contributed by atoms with Crippen LogP contribution in [0.4, 0.5) is 0 Å². The molecule has 1 atom stereocenters. The quantitative estimate of drug-likeness (QED) is 0.858. The molecule has 0 saturated heterocycles. The van der Waals surface area contributed by atoms with Crippen LogP contribution in [0.25, 0.3) is 0 Å². The van der Waals surface area contributed by atoms with Crippen LogP contribution in [-0.2, 0) is 6.54 Å². The van der Waals surface area contributed by atoms with Gasteiger partial charge in [0.15, 0.2) is 0 Å². The van der Waals surface area contributed by atoms with Crippen molar-refractivity contribution in [1.82, 2.24) is 5.32 Å². The van der Waals surface area contributed by atoms with Crippen LogP contribution in [-0.4, -0.2) is 6.04 Å². The van der Waals surface area contributed by atoms with Crippen LogP contribution in [0, 0.1) is 0 Å². The zero-order valence-electron chi connectivity index (χ0n) is 8.89. The zero-order valence-corrected chi connectivity index (χ0v) is 11.2. The molecule has 86 valence electrons. The highest BCUT2D eigenvalue weighted by atomic mass is 35.5. The summed E-state index contributed by atoms with van der Waals surface area (Å²) in [6.07, 6.45) is 1.12. The Hall–Kier alpha value is 0.0500. The van der Waals surface area contributed by atoms with E-state index in [1.165, 1.54) is 0 Å². The van der Waals surface area contributed by atoms with Crippen molar-refractivity contribution in [2.45, 2.75) is 32.9 Å². The van der Waals surface area contributed by atoms with Crippen molar-refractivity contribution in [3.8, 4) is 0 Å². The molecule has 0 aliphatic carbocycles. The Morgan fingerprint density at radius 3 is 2.53 bits per heavy atom. The number of benzene rings is 1. The molecule has 1 unspecified atom stereocenters. The van der Waals surface area contributed by atoms with Crippen LogP contribution in [0.5, 0.6) is 0 Å². The summed E-state index contributed by atoms with van der Waals surface area (Å²) in [4.78, 5) is 0. The second-order valence-corrected chi connectivity index (χ2v) is 4.27. The average molecular weight is 269 g/mol. The number of hydrogen-bond acceptors (Lipinski definition) is 1. The molecule has 15 heavy (non-hydrogen) atoms. The number of hydrogen-bond donors (Lipinski definition) is 1. The Morgan fingerprint density at radius 1 is 1.33 bits per heavy atom. The van der Waals surface area contributed by atoms with Crippen molar-refractivity contribution >= 4 is 35.6 Å². The van der Waals surface area contributed by atoms with Gasteiger partial charge < -0.3 is 5.32 Å². The van der Waals surface area contributed by atoms with Crippen molar-refractivity contribution in [3.05, 3.63) is 33.8 Å². The molecule has 1 aromatic carbocycles. The van der Waals surface area contributed by atoms with Gasteiger partial charge in [-0.3, -0.25) is 0 Å². The van der Waals surface area contributed by atoms with E-state index in [1.54, 1.807) is 6.07 Å². The lowest BCUT2D eigenvalue weighted by molar-refractivity contribution is 0.534. The zero-order chi connectivity index (χ0) is 10.6. The Morgan fingerprint density at radius 2 is 2.00 bits per heavy atom. The minimum absolute atomic E-state index is 0. The van der Waals surface area contributed by atoms with Gasteiger partial charge in [0.2, 0.25) is 0 Å². The molecule has 4 heteroatoms. The summed E-state index contributed by atoms with van der Waals surface area (Å²) >= 11 is 11.8. The fraction of sp³-hybridized carbons (Fsp3) is 0.455. The third kappa shape index (κ3) is 5.07. The van der Waals surface area contributed by atoms with E-state index in [2.05, 4.69) is 19.2 Å². The van der Waals surface area contributed by atoms with Crippen LogP contribution < -0.4 is 5.32 Å². The minimum Gasteiger partial charge on any atom is -0.310 e. The highest BCUT2D eigenvalue weighted by Gasteiger charge is 2.02. The van der Waals surface area contributed by atoms with Crippen molar-refractivity contribution in [1.29, 1.82) is 0 Å². The molecule has 0 aromatic heterocycles. The molecule has 0 aliphatic rings. The maximum atomic E-state index is 6.03. The van der Waals surface area contributed by atoms with E-state index in [-0.39, 0.29) is 12.4 Å². The molecule has 0 amide bonds. The average Bonchev–Trinajstić information content (AvgIpc) is 2.16. The van der Waals surface area contributed by atoms with Crippen LogP contribution in [0.3, 0.4) is 0 Å². The lowest BCUT2D eigenvalue weighted by Crippen LogP contribution is -2.24. The number of halogens is 3. The lowest BCUT2D eigenvalue weighted by atomic mass is 10.2. The molecule has 0 aliphatic heterocycles. The molecular weight excluding hydrogens is 252 g/mol. The number of nitrogens with one attached hydrogen (secondary N) is 1. The van der Waals surface area contributed by atoms with Crippen LogP contribution in [0.1, 0.15) is 25.8 Å². The first kappa shape index (κ1) is 15.0. The summed E-state index contributed by atoms with van der Waals surface area (Å²) in [6, 6.07) is 6.11. The van der Waals surface area contributed by atoms with E-state index in [0.29, 0.717) is 11.1 Å². The maximum absolute atomic E-state index is 6.03. The summed E-state index contributed by atoms with van der Waals surface area (Å²) in [7, 11) is 0. The Balaban J connectivity index is 0.00000196. The standard InChI is InChI=1S/C11H15Cl2N.ClH/c1-3-8(2)14-7-9-4-5-10(12)6-11(9)13;/h4-6,8,14H,3,7H2,1-2H3;1H. The minimum atomic E-state index is 0. The molecule has 0 fully saturated rings. The van der Waals surface area contributed by atoms with Gasteiger partial charge in [-0.1, -0.05) is 36.2 Å². The molecule has 1 rings (SSSR count). The van der Waals surface area contributed by atoms with Crippen molar-refractivity contribution in [2.24, 2.45) is 0 Å². The van der Waals surface area contributed by atoms with E-state index in [9.17, 15) is 0 Å². The van der Waals surface area contributed by atoms with Gasteiger partial charge >= 0.3 is 0 Å². The summed E-state index contributed by atoms with van der Waals surface area (Å²) in [5.74, 6) is 0. The monoisotopic (exact) mass is 267 g/mol. The summed E-state index contributed by atoms with van der Waals surface area (Å²) in [6.45, 7) is 5.11. The molecule has 0 saturated carbocycles. The van der Waals surface area contributed by atoms with E-state index in [0.717, 1.165) is 23.6 Å². The Bertz CT molecular complexity index is 302. The van der Waals surface area contributed by atoms with E-state index in [4.69, 9.17) is 23.2 Å².